The molecule has 6 aromatic rings. The number of rotatable bonds is 12. The minimum atomic E-state index is -1.07. The Bertz CT molecular complexity index is 1930. The molecular weight excluding hydrogens is 579 g/mol. The number of para-hydroxylation sites is 1. The third-order valence-electron chi connectivity index (χ3n) is 7.82. The van der Waals surface area contributed by atoms with Gasteiger partial charge in [-0.3, -0.25) is 0 Å². The SMILES string of the molecule is COc1cc(Cn2c3ccccc3c3c(OCCC(C)C(=O)[O-])cccc32)ccc1OCc1nc(-c2ccccc2)oc1C.[Na+]. The Balaban J connectivity index is 0.00000400. The maximum absolute atomic E-state index is 11.1. The fraction of sp³-hybridized carbons (Fsp3) is 0.222. The molecule has 0 amide bonds. The van der Waals surface area contributed by atoms with Gasteiger partial charge in [-0.2, -0.15) is 0 Å². The molecule has 0 saturated heterocycles. The molecule has 45 heavy (non-hydrogen) atoms. The van der Waals surface area contributed by atoms with Crippen molar-refractivity contribution in [3.05, 3.63) is 108 Å². The standard InChI is InChI=1S/C36H34N2O6.Na/c1-23(36(39)40)18-19-42-32-15-9-14-30-34(32)27-12-7-8-13-29(27)38(30)21-25-16-17-31(33(20-25)41-3)43-22-28-24(2)44-35(37-28)26-10-5-4-6-11-26;/h4-17,20,23H,18-19,21-22H2,1-3H3,(H,39,40);/q;+1/p-1. The zero-order valence-electron chi connectivity index (χ0n) is 25.9. The maximum Gasteiger partial charge on any atom is 1.00 e. The Morgan fingerprint density at radius 1 is 0.911 bits per heavy atom. The molecule has 8 nitrogen and oxygen atoms in total. The molecule has 0 spiro atoms. The largest absolute Gasteiger partial charge is 1.00 e. The third-order valence-corrected chi connectivity index (χ3v) is 7.82. The summed E-state index contributed by atoms with van der Waals surface area (Å²) in [5.41, 5.74) is 4.77. The predicted octanol–water partition coefficient (Wildman–Crippen LogP) is 3.55. The van der Waals surface area contributed by atoms with E-state index in [1.165, 1.54) is 0 Å². The summed E-state index contributed by atoms with van der Waals surface area (Å²) in [6, 6.07) is 29.9. The molecule has 224 valence electrons. The molecule has 6 rings (SSSR count). The van der Waals surface area contributed by atoms with Crippen LogP contribution in [0.5, 0.6) is 17.2 Å². The molecule has 0 bridgehead atoms. The molecule has 0 saturated carbocycles. The topological polar surface area (TPSA) is 98.8 Å². The molecule has 0 N–H and O–H groups in total. The first kappa shape index (κ1) is 32.2. The van der Waals surface area contributed by atoms with Crippen molar-refractivity contribution in [1.29, 1.82) is 0 Å². The van der Waals surface area contributed by atoms with E-state index in [0.29, 0.717) is 36.1 Å². The molecule has 0 aliphatic heterocycles. The van der Waals surface area contributed by atoms with Crippen molar-refractivity contribution in [2.75, 3.05) is 13.7 Å². The quantitative estimate of drug-likeness (QED) is 0.195. The van der Waals surface area contributed by atoms with Gasteiger partial charge in [0.2, 0.25) is 5.89 Å². The van der Waals surface area contributed by atoms with Crippen LogP contribution < -0.4 is 48.9 Å². The minimum absolute atomic E-state index is 0. The van der Waals surface area contributed by atoms with Crippen LogP contribution in [0.1, 0.15) is 30.4 Å². The second-order valence-corrected chi connectivity index (χ2v) is 10.8. The van der Waals surface area contributed by atoms with E-state index < -0.39 is 11.9 Å². The normalized spacial score (nSPS) is 11.7. The van der Waals surface area contributed by atoms with E-state index in [2.05, 4.69) is 27.8 Å². The number of fused-ring (bicyclic) bond motifs is 3. The van der Waals surface area contributed by atoms with Gasteiger partial charge in [0.15, 0.2) is 11.5 Å². The molecule has 2 aromatic heterocycles. The number of carbonyl (C=O) groups is 1. The average Bonchev–Trinajstić information content (AvgIpc) is 3.58. The monoisotopic (exact) mass is 612 g/mol. The van der Waals surface area contributed by atoms with Crippen molar-refractivity contribution in [1.82, 2.24) is 9.55 Å². The van der Waals surface area contributed by atoms with Crippen LogP contribution in [0.15, 0.2) is 95.4 Å². The van der Waals surface area contributed by atoms with E-state index in [1.54, 1.807) is 14.0 Å². The molecule has 1 unspecified atom stereocenters. The smallest absolute Gasteiger partial charge is 0.550 e. The Morgan fingerprint density at radius 3 is 2.44 bits per heavy atom. The van der Waals surface area contributed by atoms with E-state index in [0.717, 1.165) is 44.4 Å². The average molecular weight is 613 g/mol. The summed E-state index contributed by atoms with van der Waals surface area (Å²) < 4.78 is 26.1. The fourth-order valence-corrected chi connectivity index (χ4v) is 5.34. The summed E-state index contributed by atoms with van der Waals surface area (Å²) in [4.78, 5) is 15.8. The molecule has 1 atom stereocenters. The summed E-state index contributed by atoms with van der Waals surface area (Å²) in [7, 11) is 1.63. The van der Waals surface area contributed by atoms with Gasteiger partial charge < -0.3 is 33.1 Å². The van der Waals surface area contributed by atoms with Gasteiger partial charge in [0.05, 0.1) is 19.2 Å². The minimum Gasteiger partial charge on any atom is -0.550 e. The number of hydrogen-bond acceptors (Lipinski definition) is 7. The first-order valence-electron chi connectivity index (χ1n) is 14.6. The molecule has 0 aliphatic carbocycles. The Kier molecular flexibility index (Phi) is 10.2. The van der Waals surface area contributed by atoms with Crippen LogP contribution in [-0.2, 0) is 17.9 Å². The zero-order chi connectivity index (χ0) is 30.6. The van der Waals surface area contributed by atoms with Crippen LogP contribution in [0.3, 0.4) is 0 Å². The summed E-state index contributed by atoms with van der Waals surface area (Å²) >= 11 is 0. The van der Waals surface area contributed by atoms with Crippen molar-refractivity contribution in [3.8, 4) is 28.7 Å². The van der Waals surface area contributed by atoms with Crippen molar-refractivity contribution >= 4 is 27.8 Å². The van der Waals surface area contributed by atoms with E-state index in [1.807, 2.05) is 79.7 Å². The predicted molar refractivity (Wildman–Crippen MR) is 167 cm³/mol. The van der Waals surface area contributed by atoms with Crippen LogP contribution in [0.25, 0.3) is 33.3 Å². The fourth-order valence-electron chi connectivity index (χ4n) is 5.34. The Morgan fingerprint density at radius 2 is 1.67 bits per heavy atom. The number of carbonyl (C=O) groups excluding carboxylic acids is 1. The number of methoxy groups -OCH3 is 1. The number of benzene rings is 4. The number of aliphatic carboxylic acids is 1. The number of nitrogens with zero attached hydrogens (tertiary/aromatic N) is 2. The Labute approximate surface area is 283 Å². The molecule has 2 heterocycles. The van der Waals surface area contributed by atoms with Gasteiger partial charge in [0.25, 0.3) is 0 Å². The van der Waals surface area contributed by atoms with Gasteiger partial charge in [-0.1, -0.05) is 55.5 Å². The first-order valence-corrected chi connectivity index (χ1v) is 14.6. The maximum atomic E-state index is 11.1. The van der Waals surface area contributed by atoms with Gasteiger partial charge in [-0.25, -0.2) is 4.98 Å². The van der Waals surface area contributed by atoms with Crippen molar-refractivity contribution in [3.63, 3.8) is 0 Å². The molecule has 0 aliphatic rings. The second kappa shape index (κ2) is 14.2. The van der Waals surface area contributed by atoms with E-state index >= 15 is 0 Å². The molecule has 0 radical (unpaired) electrons. The van der Waals surface area contributed by atoms with Crippen LogP contribution >= 0.6 is 0 Å². The van der Waals surface area contributed by atoms with Crippen molar-refractivity contribution in [2.45, 2.75) is 33.4 Å². The van der Waals surface area contributed by atoms with E-state index in [-0.39, 0.29) is 42.8 Å². The summed E-state index contributed by atoms with van der Waals surface area (Å²) in [5, 5.41) is 13.2. The van der Waals surface area contributed by atoms with Crippen LogP contribution in [-0.4, -0.2) is 29.2 Å². The van der Waals surface area contributed by atoms with Gasteiger partial charge in [0.1, 0.15) is 23.8 Å². The molecule has 9 heteroatoms. The Hall–Kier alpha value is -4.24. The van der Waals surface area contributed by atoms with Crippen LogP contribution in [0.4, 0.5) is 0 Å². The number of oxazole rings is 1. The number of aryl methyl sites for hydroxylation is 1. The van der Waals surface area contributed by atoms with Crippen LogP contribution in [0, 0.1) is 12.8 Å². The number of ether oxygens (including phenoxy) is 3. The summed E-state index contributed by atoms with van der Waals surface area (Å²) in [6.07, 6.45) is 0.371. The number of hydrogen-bond donors (Lipinski definition) is 0. The van der Waals surface area contributed by atoms with E-state index in [4.69, 9.17) is 18.6 Å². The second-order valence-electron chi connectivity index (χ2n) is 10.8. The number of carboxylic acid groups (broad SMARTS) is 1. The van der Waals surface area contributed by atoms with Crippen molar-refractivity contribution in [2.24, 2.45) is 5.92 Å². The molecular formula is C36H33N2NaO6. The van der Waals surface area contributed by atoms with E-state index in [9.17, 15) is 9.90 Å². The third kappa shape index (κ3) is 6.88. The van der Waals surface area contributed by atoms with Gasteiger partial charge in [0, 0.05) is 34.4 Å². The summed E-state index contributed by atoms with van der Waals surface area (Å²) in [5.74, 6) is 1.59. The van der Waals surface area contributed by atoms with Crippen LogP contribution in [0.2, 0.25) is 0 Å². The molecule has 0 fully saturated rings. The zero-order valence-corrected chi connectivity index (χ0v) is 27.9. The number of aromatic nitrogens is 2. The first-order chi connectivity index (χ1) is 21.4. The molecule has 4 aromatic carbocycles. The van der Waals surface area contributed by atoms with Gasteiger partial charge in [-0.15, -0.1) is 0 Å². The van der Waals surface area contributed by atoms with Gasteiger partial charge in [-0.05, 0) is 67.3 Å². The van der Waals surface area contributed by atoms with Crippen molar-refractivity contribution < 1.29 is 58.1 Å². The number of carboxylic acids is 1. The van der Waals surface area contributed by atoms with Gasteiger partial charge >= 0.3 is 29.6 Å². The summed E-state index contributed by atoms with van der Waals surface area (Å²) in [6.45, 7) is 4.64.